The number of hydrogen-bond donors (Lipinski definition) is 0. The second-order valence-corrected chi connectivity index (χ2v) is 8.70. The molecule has 0 N–H and O–H groups in total. The standard InChI is InChI=1S/C28H30O4/c1-3-19(2)27-14-23(10-13-28(27)32-18-26-17-31-26)22-6-4-20(5-7-22)21-8-11-24(12-9-21)29-15-25-16-30-25/h4-14,19,25-26H,3,15-18H2,1-2H3. The first-order valence-corrected chi connectivity index (χ1v) is 11.5. The minimum atomic E-state index is 0.264. The molecule has 0 aromatic heterocycles. The van der Waals surface area contributed by atoms with Crippen LogP contribution in [-0.4, -0.2) is 38.6 Å². The maximum Gasteiger partial charge on any atom is 0.122 e. The Hall–Kier alpha value is -2.82. The van der Waals surface area contributed by atoms with E-state index in [2.05, 4.69) is 68.4 Å². The van der Waals surface area contributed by atoms with Gasteiger partial charge in [0.05, 0.1) is 13.2 Å². The fourth-order valence-corrected chi connectivity index (χ4v) is 3.76. The zero-order valence-corrected chi connectivity index (χ0v) is 18.8. The Kier molecular flexibility index (Phi) is 6.15. The SMILES string of the molecule is CCC(C)c1cc(-c2ccc(-c3ccc(OCC4CO4)cc3)cc2)ccc1OCC1CO1. The van der Waals surface area contributed by atoms with Gasteiger partial charge in [0.15, 0.2) is 0 Å². The van der Waals surface area contributed by atoms with Crippen LogP contribution in [0, 0.1) is 0 Å². The molecule has 2 aliphatic heterocycles. The van der Waals surface area contributed by atoms with Gasteiger partial charge in [-0.2, -0.15) is 0 Å². The summed E-state index contributed by atoms with van der Waals surface area (Å²) in [4.78, 5) is 0. The van der Waals surface area contributed by atoms with Gasteiger partial charge in [-0.05, 0) is 64.4 Å². The molecule has 2 aliphatic rings. The summed E-state index contributed by atoms with van der Waals surface area (Å²) in [5, 5.41) is 0. The average Bonchev–Trinajstić information content (AvgIpc) is 3.77. The van der Waals surface area contributed by atoms with Crippen LogP contribution in [0.25, 0.3) is 22.3 Å². The molecule has 0 bridgehead atoms. The van der Waals surface area contributed by atoms with Crippen molar-refractivity contribution in [1.29, 1.82) is 0 Å². The Morgan fingerprint density at radius 3 is 1.81 bits per heavy atom. The fraction of sp³-hybridized carbons (Fsp3) is 0.357. The van der Waals surface area contributed by atoms with Crippen LogP contribution >= 0.6 is 0 Å². The molecule has 0 spiro atoms. The van der Waals surface area contributed by atoms with E-state index >= 15 is 0 Å². The Labute approximate surface area is 190 Å². The van der Waals surface area contributed by atoms with Crippen molar-refractivity contribution in [2.24, 2.45) is 0 Å². The lowest BCUT2D eigenvalue weighted by atomic mass is 9.93. The van der Waals surface area contributed by atoms with Crippen molar-refractivity contribution >= 4 is 0 Å². The molecule has 3 unspecified atom stereocenters. The molecule has 3 atom stereocenters. The van der Waals surface area contributed by atoms with Crippen LogP contribution in [0.1, 0.15) is 31.7 Å². The molecule has 0 aliphatic carbocycles. The number of epoxide rings is 2. The van der Waals surface area contributed by atoms with E-state index in [0.717, 1.165) is 31.1 Å². The Bertz CT molecular complexity index is 1030. The summed E-state index contributed by atoms with van der Waals surface area (Å²) in [7, 11) is 0. The van der Waals surface area contributed by atoms with Crippen LogP contribution in [0.3, 0.4) is 0 Å². The highest BCUT2D eigenvalue weighted by molar-refractivity contribution is 5.71. The lowest BCUT2D eigenvalue weighted by molar-refractivity contribution is 0.260. The number of hydrogen-bond acceptors (Lipinski definition) is 4. The van der Waals surface area contributed by atoms with Gasteiger partial charge in [-0.15, -0.1) is 0 Å². The van der Waals surface area contributed by atoms with E-state index in [1.165, 1.54) is 27.8 Å². The molecular formula is C28H30O4. The van der Waals surface area contributed by atoms with Crippen molar-refractivity contribution in [3.8, 4) is 33.8 Å². The van der Waals surface area contributed by atoms with E-state index in [4.69, 9.17) is 18.9 Å². The molecule has 0 amide bonds. The molecule has 4 heteroatoms. The molecule has 3 aromatic rings. The van der Waals surface area contributed by atoms with Crippen molar-refractivity contribution in [3.05, 3.63) is 72.3 Å². The third kappa shape index (κ3) is 5.14. The monoisotopic (exact) mass is 430 g/mol. The normalized spacial score (nSPS) is 19.9. The lowest BCUT2D eigenvalue weighted by Crippen LogP contribution is -2.07. The van der Waals surface area contributed by atoms with Gasteiger partial charge < -0.3 is 18.9 Å². The van der Waals surface area contributed by atoms with Gasteiger partial charge in [0.2, 0.25) is 0 Å². The maximum atomic E-state index is 6.05. The summed E-state index contributed by atoms with van der Waals surface area (Å²) in [5.74, 6) is 2.30. The molecule has 4 nitrogen and oxygen atoms in total. The van der Waals surface area contributed by atoms with Gasteiger partial charge in [-0.3, -0.25) is 0 Å². The second kappa shape index (κ2) is 9.35. The first-order chi connectivity index (χ1) is 15.7. The topological polar surface area (TPSA) is 43.5 Å². The van der Waals surface area contributed by atoms with Crippen LogP contribution in [0.5, 0.6) is 11.5 Å². The Balaban J connectivity index is 1.31. The summed E-state index contributed by atoms with van der Waals surface area (Å²) < 4.78 is 22.3. The molecule has 0 radical (unpaired) electrons. The van der Waals surface area contributed by atoms with Crippen molar-refractivity contribution in [3.63, 3.8) is 0 Å². The van der Waals surface area contributed by atoms with E-state index < -0.39 is 0 Å². The summed E-state index contributed by atoms with van der Waals surface area (Å²) in [6.45, 7) is 7.37. The number of ether oxygens (including phenoxy) is 4. The van der Waals surface area contributed by atoms with Gasteiger partial charge in [0, 0.05) is 0 Å². The molecule has 166 valence electrons. The molecule has 0 saturated carbocycles. The highest BCUT2D eigenvalue weighted by Gasteiger charge is 2.24. The summed E-state index contributed by atoms with van der Waals surface area (Å²) in [6.07, 6.45) is 1.61. The minimum Gasteiger partial charge on any atom is -0.491 e. The number of benzene rings is 3. The quantitative estimate of drug-likeness (QED) is 0.365. The fourth-order valence-electron chi connectivity index (χ4n) is 3.76. The molecule has 5 rings (SSSR count). The third-order valence-corrected chi connectivity index (χ3v) is 6.22. The van der Waals surface area contributed by atoms with E-state index in [0.29, 0.717) is 19.1 Å². The largest absolute Gasteiger partial charge is 0.491 e. The number of rotatable bonds is 10. The second-order valence-electron chi connectivity index (χ2n) is 8.70. The smallest absolute Gasteiger partial charge is 0.122 e. The average molecular weight is 431 g/mol. The van der Waals surface area contributed by atoms with Gasteiger partial charge in [0.25, 0.3) is 0 Å². The predicted octanol–water partition coefficient (Wildman–Crippen LogP) is 6.09. The van der Waals surface area contributed by atoms with Gasteiger partial charge in [-0.1, -0.05) is 56.3 Å². The van der Waals surface area contributed by atoms with Gasteiger partial charge in [-0.25, -0.2) is 0 Å². The van der Waals surface area contributed by atoms with Crippen LogP contribution in [-0.2, 0) is 9.47 Å². The first-order valence-electron chi connectivity index (χ1n) is 11.5. The van der Waals surface area contributed by atoms with Gasteiger partial charge >= 0.3 is 0 Å². The predicted molar refractivity (Wildman–Crippen MR) is 126 cm³/mol. The highest BCUT2D eigenvalue weighted by Crippen LogP contribution is 2.34. The van der Waals surface area contributed by atoms with Crippen LogP contribution in [0.2, 0.25) is 0 Å². The first kappa shape index (κ1) is 21.0. The zero-order chi connectivity index (χ0) is 21.9. The summed E-state index contributed by atoms with van der Waals surface area (Å²) in [6, 6.07) is 23.5. The van der Waals surface area contributed by atoms with E-state index in [1.807, 2.05) is 12.1 Å². The lowest BCUT2D eigenvalue weighted by Gasteiger charge is -2.17. The van der Waals surface area contributed by atoms with E-state index in [-0.39, 0.29) is 12.2 Å². The van der Waals surface area contributed by atoms with Crippen molar-refractivity contribution < 1.29 is 18.9 Å². The van der Waals surface area contributed by atoms with E-state index in [9.17, 15) is 0 Å². The molecule has 2 heterocycles. The Morgan fingerprint density at radius 1 is 0.750 bits per heavy atom. The molecule has 3 aromatic carbocycles. The molecule has 2 fully saturated rings. The molecular weight excluding hydrogens is 400 g/mol. The highest BCUT2D eigenvalue weighted by atomic mass is 16.6. The van der Waals surface area contributed by atoms with Crippen molar-refractivity contribution in [1.82, 2.24) is 0 Å². The molecule has 2 saturated heterocycles. The van der Waals surface area contributed by atoms with Gasteiger partial charge in [0.1, 0.15) is 36.9 Å². The third-order valence-electron chi connectivity index (χ3n) is 6.22. The van der Waals surface area contributed by atoms with Crippen molar-refractivity contribution in [2.45, 2.75) is 38.4 Å². The molecule has 32 heavy (non-hydrogen) atoms. The van der Waals surface area contributed by atoms with Crippen LogP contribution < -0.4 is 9.47 Å². The maximum absolute atomic E-state index is 6.05. The summed E-state index contributed by atoms with van der Waals surface area (Å²) >= 11 is 0. The van der Waals surface area contributed by atoms with Crippen LogP contribution in [0.15, 0.2) is 66.7 Å². The van der Waals surface area contributed by atoms with E-state index in [1.54, 1.807) is 0 Å². The Morgan fingerprint density at radius 2 is 1.25 bits per heavy atom. The summed E-state index contributed by atoms with van der Waals surface area (Å²) in [5.41, 5.74) is 6.06. The zero-order valence-electron chi connectivity index (χ0n) is 18.8. The van der Waals surface area contributed by atoms with Crippen molar-refractivity contribution in [2.75, 3.05) is 26.4 Å². The van der Waals surface area contributed by atoms with Crippen LogP contribution in [0.4, 0.5) is 0 Å². The minimum absolute atomic E-state index is 0.264.